The Balaban J connectivity index is 2.36. The molecular formula is C13H16N2O. The van der Waals surface area contributed by atoms with Crippen LogP contribution in [0.1, 0.15) is 19.6 Å². The van der Waals surface area contributed by atoms with E-state index in [4.69, 9.17) is 9.83 Å². The van der Waals surface area contributed by atoms with Gasteiger partial charge < -0.3 is 9.32 Å². The molecule has 3 nitrogen and oxygen atoms in total. The topological polar surface area (TPSA) is 40.2 Å². The Bertz CT molecular complexity index is 464. The van der Waals surface area contributed by atoms with Gasteiger partial charge in [0.05, 0.1) is 0 Å². The zero-order valence-electron chi connectivity index (χ0n) is 9.66. The fourth-order valence-corrected chi connectivity index (χ4v) is 1.79. The predicted octanol–water partition coefficient (Wildman–Crippen LogP) is 3.10. The molecule has 0 bridgehead atoms. The molecule has 1 heterocycles. The van der Waals surface area contributed by atoms with Crippen LogP contribution in [0.3, 0.4) is 0 Å². The SMILES string of the molecule is CCN(CC)C(=N)c1cc2ccccc2o1. The molecule has 0 saturated carbocycles. The van der Waals surface area contributed by atoms with Crippen molar-refractivity contribution in [3.05, 3.63) is 36.1 Å². The van der Waals surface area contributed by atoms with E-state index in [9.17, 15) is 0 Å². The lowest BCUT2D eigenvalue weighted by Gasteiger charge is -2.19. The Morgan fingerprint density at radius 3 is 2.56 bits per heavy atom. The van der Waals surface area contributed by atoms with Gasteiger partial charge in [0.15, 0.2) is 11.6 Å². The number of amidine groups is 1. The molecule has 1 N–H and O–H groups in total. The van der Waals surface area contributed by atoms with Gasteiger partial charge in [0.25, 0.3) is 0 Å². The maximum absolute atomic E-state index is 8.05. The number of hydrogen-bond donors (Lipinski definition) is 1. The number of nitrogens with one attached hydrogen (secondary N) is 1. The highest BCUT2D eigenvalue weighted by atomic mass is 16.3. The Morgan fingerprint density at radius 1 is 1.25 bits per heavy atom. The van der Waals surface area contributed by atoms with Crippen LogP contribution in [0.2, 0.25) is 0 Å². The molecule has 0 fully saturated rings. The smallest absolute Gasteiger partial charge is 0.170 e. The fourth-order valence-electron chi connectivity index (χ4n) is 1.79. The second-order valence-corrected chi connectivity index (χ2v) is 3.67. The lowest BCUT2D eigenvalue weighted by atomic mass is 10.2. The number of para-hydroxylation sites is 1. The molecule has 0 aliphatic heterocycles. The number of benzene rings is 1. The molecule has 2 rings (SSSR count). The van der Waals surface area contributed by atoms with Crippen LogP contribution in [0.15, 0.2) is 34.7 Å². The van der Waals surface area contributed by atoms with Gasteiger partial charge in [0.2, 0.25) is 0 Å². The molecule has 0 aliphatic carbocycles. The Hall–Kier alpha value is -1.77. The normalized spacial score (nSPS) is 10.6. The summed E-state index contributed by atoms with van der Waals surface area (Å²) in [5.41, 5.74) is 0.842. The third-order valence-corrected chi connectivity index (χ3v) is 2.74. The van der Waals surface area contributed by atoms with E-state index in [2.05, 4.69) is 0 Å². The summed E-state index contributed by atoms with van der Waals surface area (Å²) in [5, 5.41) is 9.10. The highest BCUT2D eigenvalue weighted by molar-refractivity contribution is 5.97. The van der Waals surface area contributed by atoms with E-state index in [1.165, 1.54) is 0 Å². The summed E-state index contributed by atoms with van der Waals surface area (Å²) >= 11 is 0. The second kappa shape index (κ2) is 4.39. The summed E-state index contributed by atoms with van der Waals surface area (Å²) in [6.07, 6.45) is 0. The second-order valence-electron chi connectivity index (χ2n) is 3.67. The van der Waals surface area contributed by atoms with Crippen LogP contribution in [0.4, 0.5) is 0 Å². The molecule has 16 heavy (non-hydrogen) atoms. The van der Waals surface area contributed by atoms with Gasteiger partial charge in [-0.2, -0.15) is 0 Å². The van der Waals surface area contributed by atoms with Crippen molar-refractivity contribution in [2.24, 2.45) is 0 Å². The number of fused-ring (bicyclic) bond motifs is 1. The molecule has 1 aromatic carbocycles. The summed E-state index contributed by atoms with van der Waals surface area (Å²) in [7, 11) is 0. The molecule has 84 valence electrons. The van der Waals surface area contributed by atoms with Crippen LogP contribution in [0.5, 0.6) is 0 Å². The van der Waals surface area contributed by atoms with Gasteiger partial charge in [-0.1, -0.05) is 18.2 Å². The van der Waals surface area contributed by atoms with Gasteiger partial charge in [-0.05, 0) is 26.0 Å². The minimum absolute atomic E-state index is 0.459. The molecule has 0 spiro atoms. The van der Waals surface area contributed by atoms with E-state index in [0.717, 1.165) is 24.1 Å². The summed E-state index contributed by atoms with van der Waals surface area (Å²) in [6.45, 7) is 5.74. The average molecular weight is 216 g/mol. The molecule has 2 aromatic rings. The van der Waals surface area contributed by atoms with Crippen LogP contribution in [-0.4, -0.2) is 23.8 Å². The monoisotopic (exact) mass is 216 g/mol. The molecule has 0 radical (unpaired) electrons. The zero-order chi connectivity index (χ0) is 11.5. The third kappa shape index (κ3) is 1.81. The van der Waals surface area contributed by atoms with Crippen molar-refractivity contribution in [2.45, 2.75) is 13.8 Å². The molecule has 0 unspecified atom stereocenters. The summed E-state index contributed by atoms with van der Waals surface area (Å²) < 4.78 is 5.65. The lowest BCUT2D eigenvalue weighted by Crippen LogP contribution is -2.30. The van der Waals surface area contributed by atoms with Gasteiger partial charge in [0.1, 0.15) is 5.58 Å². The molecule has 0 saturated heterocycles. The molecule has 0 atom stereocenters. The van der Waals surface area contributed by atoms with E-state index in [-0.39, 0.29) is 0 Å². The van der Waals surface area contributed by atoms with Gasteiger partial charge in [0, 0.05) is 18.5 Å². The zero-order valence-corrected chi connectivity index (χ0v) is 9.66. The fraction of sp³-hybridized carbons (Fsp3) is 0.308. The Morgan fingerprint density at radius 2 is 1.94 bits per heavy atom. The lowest BCUT2D eigenvalue weighted by molar-refractivity contribution is 0.449. The highest BCUT2D eigenvalue weighted by Crippen LogP contribution is 2.19. The van der Waals surface area contributed by atoms with Crippen molar-refractivity contribution >= 4 is 16.8 Å². The quantitative estimate of drug-likeness (QED) is 0.632. The Kier molecular flexibility index (Phi) is 2.95. The van der Waals surface area contributed by atoms with Crippen LogP contribution >= 0.6 is 0 Å². The molecule has 1 aromatic heterocycles. The summed E-state index contributed by atoms with van der Waals surface area (Å²) in [5.74, 6) is 1.10. The van der Waals surface area contributed by atoms with Crippen LogP contribution < -0.4 is 0 Å². The van der Waals surface area contributed by atoms with Crippen molar-refractivity contribution in [1.82, 2.24) is 4.90 Å². The van der Waals surface area contributed by atoms with Gasteiger partial charge in [-0.15, -0.1) is 0 Å². The largest absolute Gasteiger partial charge is 0.453 e. The minimum Gasteiger partial charge on any atom is -0.453 e. The maximum atomic E-state index is 8.05. The Labute approximate surface area is 95.2 Å². The standard InChI is InChI=1S/C13H16N2O/c1-3-15(4-2)13(14)12-9-10-7-5-6-8-11(10)16-12/h5-9,14H,3-4H2,1-2H3. The van der Waals surface area contributed by atoms with Crippen molar-refractivity contribution in [3.8, 4) is 0 Å². The van der Waals surface area contributed by atoms with E-state index in [1.807, 2.05) is 49.1 Å². The number of furan rings is 1. The van der Waals surface area contributed by atoms with Crippen molar-refractivity contribution in [2.75, 3.05) is 13.1 Å². The third-order valence-electron chi connectivity index (χ3n) is 2.74. The number of nitrogens with zero attached hydrogens (tertiary/aromatic N) is 1. The first-order valence-corrected chi connectivity index (χ1v) is 5.58. The minimum atomic E-state index is 0.459. The first-order chi connectivity index (χ1) is 7.76. The predicted molar refractivity (Wildman–Crippen MR) is 66.0 cm³/mol. The molecule has 3 heteroatoms. The molecule has 0 amide bonds. The van der Waals surface area contributed by atoms with E-state index >= 15 is 0 Å². The van der Waals surface area contributed by atoms with Crippen LogP contribution in [0, 0.1) is 5.41 Å². The van der Waals surface area contributed by atoms with Crippen molar-refractivity contribution in [1.29, 1.82) is 5.41 Å². The molecule has 0 aliphatic rings. The first-order valence-electron chi connectivity index (χ1n) is 5.58. The summed E-state index contributed by atoms with van der Waals surface area (Å²) in [4.78, 5) is 1.97. The molecular weight excluding hydrogens is 200 g/mol. The van der Waals surface area contributed by atoms with Crippen LogP contribution in [-0.2, 0) is 0 Å². The van der Waals surface area contributed by atoms with Gasteiger partial charge >= 0.3 is 0 Å². The van der Waals surface area contributed by atoms with Crippen molar-refractivity contribution in [3.63, 3.8) is 0 Å². The maximum Gasteiger partial charge on any atom is 0.170 e. The number of rotatable bonds is 3. The average Bonchev–Trinajstić information content (AvgIpc) is 2.74. The highest BCUT2D eigenvalue weighted by Gasteiger charge is 2.12. The van der Waals surface area contributed by atoms with Gasteiger partial charge in [-0.25, -0.2) is 0 Å². The first kappa shape index (κ1) is 10.7. The number of hydrogen-bond acceptors (Lipinski definition) is 2. The van der Waals surface area contributed by atoms with Crippen molar-refractivity contribution < 1.29 is 4.42 Å². The van der Waals surface area contributed by atoms with Gasteiger partial charge in [-0.3, -0.25) is 5.41 Å². The summed E-state index contributed by atoms with van der Waals surface area (Å²) in [6, 6.07) is 9.77. The van der Waals surface area contributed by atoms with Crippen LogP contribution in [0.25, 0.3) is 11.0 Å². The van der Waals surface area contributed by atoms with E-state index < -0.39 is 0 Å². The van der Waals surface area contributed by atoms with E-state index in [0.29, 0.717) is 11.6 Å². The van der Waals surface area contributed by atoms with E-state index in [1.54, 1.807) is 0 Å².